The molecule has 3 aromatic rings. The maximum Gasteiger partial charge on any atom is 0.264 e. The Labute approximate surface area is 227 Å². The van der Waals surface area contributed by atoms with E-state index in [1.54, 1.807) is 50.2 Å². The molecule has 37 heavy (non-hydrogen) atoms. The van der Waals surface area contributed by atoms with E-state index in [0.29, 0.717) is 12.2 Å². The summed E-state index contributed by atoms with van der Waals surface area (Å²) in [5.74, 6) is -0.793. The van der Waals surface area contributed by atoms with Gasteiger partial charge in [0, 0.05) is 17.6 Å². The molecule has 0 aliphatic heterocycles. The van der Waals surface area contributed by atoms with Crippen LogP contribution in [-0.2, 0) is 26.2 Å². The number of carbonyl (C=O) groups is 2. The second-order valence-corrected chi connectivity index (χ2v) is 11.7. The molecule has 1 unspecified atom stereocenters. The summed E-state index contributed by atoms with van der Waals surface area (Å²) in [5.41, 5.74) is 3.14. The number of nitrogens with zero attached hydrogens (tertiary/aromatic N) is 2. The summed E-state index contributed by atoms with van der Waals surface area (Å²) >= 11 is 3.38. The lowest BCUT2D eigenvalue weighted by molar-refractivity contribution is -0.139. The predicted octanol–water partition coefficient (Wildman–Crippen LogP) is 4.81. The third-order valence-electron chi connectivity index (χ3n) is 5.96. The van der Waals surface area contributed by atoms with Gasteiger partial charge in [-0.1, -0.05) is 63.5 Å². The summed E-state index contributed by atoms with van der Waals surface area (Å²) in [7, 11) is -4.08. The minimum Gasteiger partial charge on any atom is -0.355 e. The molecule has 2 amide bonds. The number of hydrogen-bond donors (Lipinski definition) is 1. The van der Waals surface area contributed by atoms with Crippen molar-refractivity contribution in [3.05, 3.63) is 94.0 Å². The second kappa shape index (κ2) is 12.4. The van der Waals surface area contributed by atoms with Crippen molar-refractivity contribution in [2.24, 2.45) is 0 Å². The summed E-state index contributed by atoms with van der Waals surface area (Å²) in [5, 5.41) is 2.76. The van der Waals surface area contributed by atoms with Gasteiger partial charge in [0.15, 0.2) is 0 Å². The van der Waals surface area contributed by atoms with Crippen molar-refractivity contribution < 1.29 is 18.0 Å². The highest BCUT2D eigenvalue weighted by Gasteiger charge is 2.32. The molecule has 0 aliphatic carbocycles. The molecule has 0 saturated carbocycles. The number of rotatable bonds is 10. The number of aryl methyl sites for hydroxylation is 2. The highest BCUT2D eigenvalue weighted by Crippen LogP contribution is 2.26. The van der Waals surface area contributed by atoms with Crippen LogP contribution in [0.5, 0.6) is 0 Å². The topological polar surface area (TPSA) is 86.8 Å². The molecular weight excluding hydrogens is 554 g/mol. The van der Waals surface area contributed by atoms with E-state index >= 15 is 0 Å². The lowest BCUT2D eigenvalue weighted by atomic mass is 10.1. The molecule has 9 heteroatoms. The molecule has 7 nitrogen and oxygen atoms in total. The van der Waals surface area contributed by atoms with Crippen molar-refractivity contribution in [1.29, 1.82) is 0 Å². The van der Waals surface area contributed by atoms with E-state index in [9.17, 15) is 18.0 Å². The van der Waals surface area contributed by atoms with Crippen molar-refractivity contribution in [2.75, 3.05) is 17.4 Å². The second-order valence-electron chi connectivity index (χ2n) is 8.88. The number of benzene rings is 3. The van der Waals surface area contributed by atoms with Crippen LogP contribution in [0.15, 0.2) is 82.2 Å². The zero-order valence-corrected chi connectivity index (χ0v) is 23.8. The van der Waals surface area contributed by atoms with Gasteiger partial charge in [0.1, 0.15) is 12.6 Å². The Balaban J connectivity index is 2.02. The Morgan fingerprint density at radius 1 is 0.946 bits per heavy atom. The van der Waals surface area contributed by atoms with Gasteiger partial charge in [-0.25, -0.2) is 8.42 Å². The van der Waals surface area contributed by atoms with E-state index in [1.807, 2.05) is 38.1 Å². The van der Waals surface area contributed by atoms with Gasteiger partial charge < -0.3 is 10.2 Å². The van der Waals surface area contributed by atoms with Crippen molar-refractivity contribution in [3.63, 3.8) is 0 Å². The van der Waals surface area contributed by atoms with Crippen LogP contribution in [0.4, 0.5) is 5.69 Å². The normalized spacial score (nSPS) is 12.0. The van der Waals surface area contributed by atoms with E-state index < -0.39 is 28.5 Å². The Kier molecular flexibility index (Phi) is 9.50. The molecule has 1 atom stereocenters. The Morgan fingerprint density at radius 3 is 2.19 bits per heavy atom. The highest BCUT2D eigenvalue weighted by atomic mass is 79.9. The average molecular weight is 587 g/mol. The lowest BCUT2D eigenvalue weighted by Crippen LogP contribution is -2.51. The van der Waals surface area contributed by atoms with Gasteiger partial charge in [-0.3, -0.25) is 13.9 Å². The Hall–Kier alpha value is -3.17. The van der Waals surface area contributed by atoms with E-state index in [2.05, 4.69) is 21.2 Å². The number of amides is 2. The van der Waals surface area contributed by atoms with Crippen LogP contribution < -0.4 is 9.62 Å². The van der Waals surface area contributed by atoms with Gasteiger partial charge in [-0.05, 0) is 69.7 Å². The van der Waals surface area contributed by atoms with Crippen LogP contribution in [0.2, 0.25) is 0 Å². The van der Waals surface area contributed by atoms with Gasteiger partial charge >= 0.3 is 0 Å². The summed E-state index contributed by atoms with van der Waals surface area (Å²) < 4.78 is 29.4. The smallest absolute Gasteiger partial charge is 0.264 e. The first-order chi connectivity index (χ1) is 17.5. The van der Waals surface area contributed by atoms with Crippen molar-refractivity contribution in [2.45, 2.75) is 45.2 Å². The number of hydrogen-bond acceptors (Lipinski definition) is 4. The molecule has 3 rings (SSSR count). The van der Waals surface area contributed by atoms with Crippen LogP contribution >= 0.6 is 15.9 Å². The molecule has 0 radical (unpaired) electrons. The van der Waals surface area contributed by atoms with Crippen molar-refractivity contribution in [1.82, 2.24) is 10.2 Å². The van der Waals surface area contributed by atoms with Crippen LogP contribution in [0.1, 0.15) is 30.5 Å². The van der Waals surface area contributed by atoms with Gasteiger partial charge in [-0.2, -0.15) is 0 Å². The minimum atomic E-state index is -4.08. The zero-order valence-electron chi connectivity index (χ0n) is 21.4. The zero-order chi connectivity index (χ0) is 27.2. The van der Waals surface area contributed by atoms with Crippen LogP contribution in [-0.4, -0.2) is 44.3 Å². The molecule has 0 heterocycles. The first kappa shape index (κ1) is 28.4. The van der Waals surface area contributed by atoms with Crippen LogP contribution in [0, 0.1) is 13.8 Å². The standard InChI is InChI=1S/C28H32BrN3O4S/c1-5-30-28(34)22(4)31(18-23-8-6-7-21(3)17-23)27(33)19-32(25-13-11-24(29)12-14-25)37(35,36)26-15-9-20(2)10-16-26/h6-17,22H,5,18-19H2,1-4H3,(H,30,34). The van der Waals surface area contributed by atoms with Gasteiger partial charge in [-0.15, -0.1) is 0 Å². The first-order valence-corrected chi connectivity index (χ1v) is 14.2. The maximum atomic E-state index is 13.8. The molecule has 0 fully saturated rings. The van der Waals surface area contributed by atoms with E-state index in [0.717, 1.165) is 25.5 Å². The van der Waals surface area contributed by atoms with Crippen molar-refractivity contribution >= 4 is 43.5 Å². The highest BCUT2D eigenvalue weighted by molar-refractivity contribution is 9.10. The quantitative estimate of drug-likeness (QED) is 0.370. The average Bonchev–Trinajstić information content (AvgIpc) is 2.86. The molecular formula is C28H32BrN3O4S. The largest absolute Gasteiger partial charge is 0.355 e. The van der Waals surface area contributed by atoms with E-state index in [-0.39, 0.29) is 17.3 Å². The predicted molar refractivity (Wildman–Crippen MR) is 150 cm³/mol. The number of likely N-dealkylation sites (N-methyl/N-ethyl adjacent to an activating group) is 1. The number of anilines is 1. The number of sulfonamides is 1. The summed E-state index contributed by atoms with van der Waals surface area (Å²) in [6, 6.07) is 20.1. The third kappa shape index (κ3) is 7.20. The number of carbonyl (C=O) groups excluding carboxylic acids is 2. The summed E-state index contributed by atoms with van der Waals surface area (Å²) in [6.07, 6.45) is 0. The molecule has 0 aliphatic rings. The van der Waals surface area contributed by atoms with Crippen molar-refractivity contribution in [3.8, 4) is 0 Å². The maximum absolute atomic E-state index is 13.8. The monoisotopic (exact) mass is 585 g/mol. The van der Waals surface area contributed by atoms with Gasteiger partial charge in [0.25, 0.3) is 10.0 Å². The molecule has 1 N–H and O–H groups in total. The fourth-order valence-corrected chi connectivity index (χ4v) is 5.56. The molecule has 0 bridgehead atoms. The van der Waals surface area contributed by atoms with Gasteiger partial charge in [0.05, 0.1) is 10.6 Å². The third-order valence-corrected chi connectivity index (χ3v) is 8.27. The molecule has 3 aromatic carbocycles. The molecule has 0 saturated heterocycles. The fourth-order valence-electron chi connectivity index (χ4n) is 3.89. The SMILES string of the molecule is CCNC(=O)C(C)N(Cc1cccc(C)c1)C(=O)CN(c1ccc(Br)cc1)S(=O)(=O)c1ccc(C)cc1. The van der Waals surface area contributed by atoms with E-state index in [1.165, 1.54) is 17.0 Å². The number of nitrogens with one attached hydrogen (secondary N) is 1. The first-order valence-electron chi connectivity index (χ1n) is 12.0. The minimum absolute atomic E-state index is 0.0795. The molecule has 196 valence electrons. The Bertz CT molecular complexity index is 1340. The summed E-state index contributed by atoms with van der Waals surface area (Å²) in [6.45, 7) is 7.40. The molecule has 0 spiro atoms. The van der Waals surface area contributed by atoms with Crippen LogP contribution in [0.25, 0.3) is 0 Å². The lowest BCUT2D eigenvalue weighted by Gasteiger charge is -2.32. The number of halogens is 1. The molecule has 0 aromatic heterocycles. The van der Waals surface area contributed by atoms with E-state index in [4.69, 9.17) is 0 Å². The van der Waals surface area contributed by atoms with Crippen LogP contribution in [0.3, 0.4) is 0 Å². The summed E-state index contributed by atoms with van der Waals surface area (Å²) in [4.78, 5) is 28.0. The Morgan fingerprint density at radius 2 is 1.59 bits per heavy atom. The van der Waals surface area contributed by atoms with Gasteiger partial charge in [0.2, 0.25) is 11.8 Å². The fraction of sp³-hybridized carbons (Fsp3) is 0.286.